The molecule has 0 unspecified atom stereocenters. The maximum atomic E-state index is 5.89. The molecule has 0 fully saturated rings. The quantitative estimate of drug-likeness (QED) is 0.914. The van der Waals surface area contributed by atoms with Crippen molar-refractivity contribution < 1.29 is 0 Å². The zero-order valence-electron chi connectivity index (χ0n) is 11.7. The normalized spacial score (nSPS) is 10.7. The highest BCUT2D eigenvalue weighted by Crippen LogP contribution is 2.20. The Morgan fingerprint density at radius 3 is 2.47 bits per heavy atom. The summed E-state index contributed by atoms with van der Waals surface area (Å²) >= 11 is 0. The van der Waals surface area contributed by atoms with Crippen LogP contribution in [0.2, 0.25) is 0 Å². The van der Waals surface area contributed by atoms with Crippen molar-refractivity contribution >= 4 is 11.6 Å². The number of nitrogens with zero attached hydrogens (tertiary/aromatic N) is 3. The molecule has 0 amide bonds. The van der Waals surface area contributed by atoms with Gasteiger partial charge >= 0.3 is 0 Å². The first-order valence-electron chi connectivity index (χ1n) is 6.47. The van der Waals surface area contributed by atoms with Gasteiger partial charge in [0.25, 0.3) is 0 Å². The molecular formula is C15H20N4. The van der Waals surface area contributed by atoms with Gasteiger partial charge in [-0.1, -0.05) is 44.2 Å². The molecule has 1 heterocycles. The first-order chi connectivity index (χ1) is 9.06. The summed E-state index contributed by atoms with van der Waals surface area (Å²) in [6.07, 6.45) is 0. The summed E-state index contributed by atoms with van der Waals surface area (Å²) < 4.78 is 0. The van der Waals surface area contributed by atoms with E-state index >= 15 is 0 Å². The Labute approximate surface area is 114 Å². The van der Waals surface area contributed by atoms with E-state index in [4.69, 9.17) is 5.73 Å². The SMILES string of the molecule is CC(C)CN(C)c1cc(N)nc(-c2ccccc2)n1. The van der Waals surface area contributed by atoms with E-state index < -0.39 is 0 Å². The molecule has 4 heteroatoms. The van der Waals surface area contributed by atoms with Gasteiger partial charge in [0.2, 0.25) is 0 Å². The molecule has 0 spiro atoms. The average molecular weight is 256 g/mol. The lowest BCUT2D eigenvalue weighted by Crippen LogP contribution is -2.24. The van der Waals surface area contributed by atoms with Crippen molar-refractivity contribution in [2.24, 2.45) is 5.92 Å². The number of nitrogen functional groups attached to an aromatic ring is 1. The van der Waals surface area contributed by atoms with Gasteiger partial charge < -0.3 is 10.6 Å². The molecular weight excluding hydrogens is 236 g/mol. The van der Waals surface area contributed by atoms with Crippen LogP contribution in [-0.2, 0) is 0 Å². The van der Waals surface area contributed by atoms with Crippen LogP contribution in [0.15, 0.2) is 36.4 Å². The van der Waals surface area contributed by atoms with Gasteiger partial charge in [0.1, 0.15) is 11.6 Å². The molecule has 0 aliphatic heterocycles. The van der Waals surface area contributed by atoms with E-state index in [0.29, 0.717) is 17.6 Å². The monoisotopic (exact) mass is 256 g/mol. The second-order valence-electron chi connectivity index (χ2n) is 5.12. The molecule has 2 rings (SSSR count). The Balaban J connectivity index is 2.35. The Morgan fingerprint density at radius 1 is 1.16 bits per heavy atom. The highest BCUT2D eigenvalue weighted by molar-refractivity contribution is 5.60. The summed E-state index contributed by atoms with van der Waals surface area (Å²) in [5.74, 6) is 2.60. The van der Waals surface area contributed by atoms with Crippen LogP contribution in [0.4, 0.5) is 11.6 Å². The van der Waals surface area contributed by atoms with Crippen molar-refractivity contribution in [3.05, 3.63) is 36.4 Å². The predicted octanol–water partition coefficient (Wildman–Crippen LogP) is 2.82. The predicted molar refractivity (Wildman–Crippen MR) is 80.0 cm³/mol. The Bertz CT molecular complexity index is 537. The van der Waals surface area contributed by atoms with Crippen molar-refractivity contribution in [3.8, 4) is 11.4 Å². The first-order valence-corrected chi connectivity index (χ1v) is 6.47. The number of aromatic nitrogens is 2. The van der Waals surface area contributed by atoms with Crippen molar-refractivity contribution in [2.75, 3.05) is 24.2 Å². The molecule has 0 atom stereocenters. The van der Waals surface area contributed by atoms with Crippen LogP contribution in [0.25, 0.3) is 11.4 Å². The number of anilines is 2. The van der Waals surface area contributed by atoms with Crippen LogP contribution < -0.4 is 10.6 Å². The maximum absolute atomic E-state index is 5.89. The topological polar surface area (TPSA) is 55.0 Å². The van der Waals surface area contributed by atoms with Crippen LogP contribution in [0.3, 0.4) is 0 Å². The first kappa shape index (κ1) is 13.3. The lowest BCUT2D eigenvalue weighted by Gasteiger charge is -2.21. The highest BCUT2D eigenvalue weighted by Gasteiger charge is 2.09. The van der Waals surface area contributed by atoms with E-state index in [0.717, 1.165) is 17.9 Å². The van der Waals surface area contributed by atoms with Crippen molar-refractivity contribution in [1.29, 1.82) is 0 Å². The lowest BCUT2D eigenvalue weighted by atomic mass is 10.2. The fraction of sp³-hybridized carbons (Fsp3) is 0.333. The summed E-state index contributed by atoms with van der Waals surface area (Å²) in [6, 6.07) is 11.7. The van der Waals surface area contributed by atoms with E-state index in [1.165, 1.54) is 0 Å². The zero-order valence-corrected chi connectivity index (χ0v) is 11.7. The van der Waals surface area contributed by atoms with Crippen molar-refractivity contribution in [3.63, 3.8) is 0 Å². The van der Waals surface area contributed by atoms with Gasteiger partial charge in [-0.2, -0.15) is 0 Å². The molecule has 2 N–H and O–H groups in total. The number of benzene rings is 1. The molecule has 0 aliphatic carbocycles. The molecule has 0 saturated heterocycles. The van der Waals surface area contributed by atoms with Crippen LogP contribution in [0.1, 0.15) is 13.8 Å². The number of hydrogen-bond acceptors (Lipinski definition) is 4. The average Bonchev–Trinajstić information content (AvgIpc) is 2.38. The Kier molecular flexibility index (Phi) is 4.00. The molecule has 100 valence electrons. The van der Waals surface area contributed by atoms with Gasteiger partial charge in [-0.15, -0.1) is 0 Å². The third-order valence-electron chi connectivity index (χ3n) is 2.79. The molecule has 4 nitrogen and oxygen atoms in total. The van der Waals surface area contributed by atoms with Crippen molar-refractivity contribution in [2.45, 2.75) is 13.8 Å². The Morgan fingerprint density at radius 2 is 1.84 bits per heavy atom. The van der Waals surface area contributed by atoms with Crippen LogP contribution in [-0.4, -0.2) is 23.6 Å². The van der Waals surface area contributed by atoms with Gasteiger partial charge in [-0.25, -0.2) is 9.97 Å². The molecule has 1 aromatic heterocycles. The molecule has 2 aromatic rings. The second-order valence-corrected chi connectivity index (χ2v) is 5.12. The van der Waals surface area contributed by atoms with E-state index in [9.17, 15) is 0 Å². The molecule has 0 radical (unpaired) electrons. The fourth-order valence-electron chi connectivity index (χ4n) is 2.01. The van der Waals surface area contributed by atoms with Crippen molar-refractivity contribution in [1.82, 2.24) is 9.97 Å². The maximum Gasteiger partial charge on any atom is 0.163 e. The van der Waals surface area contributed by atoms with E-state index in [2.05, 4.69) is 28.7 Å². The summed E-state index contributed by atoms with van der Waals surface area (Å²) in [5.41, 5.74) is 6.87. The minimum absolute atomic E-state index is 0.499. The summed E-state index contributed by atoms with van der Waals surface area (Å²) in [4.78, 5) is 11.0. The Hall–Kier alpha value is -2.10. The minimum Gasteiger partial charge on any atom is -0.384 e. The van der Waals surface area contributed by atoms with E-state index in [1.54, 1.807) is 0 Å². The summed E-state index contributed by atoms with van der Waals surface area (Å²) in [6.45, 7) is 5.29. The second kappa shape index (κ2) is 5.69. The zero-order chi connectivity index (χ0) is 13.8. The molecule has 19 heavy (non-hydrogen) atoms. The number of nitrogens with two attached hydrogens (primary N) is 1. The smallest absolute Gasteiger partial charge is 0.163 e. The lowest BCUT2D eigenvalue weighted by molar-refractivity contribution is 0.634. The van der Waals surface area contributed by atoms with Gasteiger partial charge in [0.05, 0.1) is 0 Å². The van der Waals surface area contributed by atoms with Gasteiger partial charge in [0, 0.05) is 25.2 Å². The van der Waals surface area contributed by atoms with Crippen LogP contribution in [0.5, 0.6) is 0 Å². The minimum atomic E-state index is 0.499. The van der Waals surface area contributed by atoms with Crippen LogP contribution in [0, 0.1) is 5.92 Å². The van der Waals surface area contributed by atoms with E-state index in [-0.39, 0.29) is 0 Å². The van der Waals surface area contributed by atoms with Crippen LogP contribution >= 0.6 is 0 Å². The van der Waals surface area contributed by atoms with Gasteiger partial charge in [-0.3, -0.25) is 0 Å². The third kappa shape index (κ3) is 3.44. The summed E-state index contributed by atoms with van der Waals surface area (Å²) in [5, 5.41) is 0. The standard InChI is InChI=1S/C15H20N4/c1-11(2)10-19(3)14-9-13(16)17-15(18-14)12-7-5-4-6-8-12/h4-9,11H,10H2,1-3H3,(H2,16,17,18). The summed E-state index contributed by atoms with van der Waals surface area (Å²) in [7, 11) is 2.02. The number of hydrogen-bond donors (Lipinski definition) is 1. The number of rotatable bonds is 4. The molecule has 0 saturated carbocycles. The van der Waals surface area contributed by atoms with E-state index in [1.807, 2.05) is 43.4 Å². The molecule has 1 aromatic carbocycles. The fourth-order valence-corrected chi connectivity index (χ4v) is 2.01. The highest BCUT2D eigenvalue weighted by atomic mass is 15.2. The molecule has 0 bridgehead atoms. The molecule has 0 aliphatic rings. The van der Waals surface area contributed by atoms with Gasteiger partial charge in [0.15, 0.2) is 5.82 Å². The van der Waals surface area contributed by atoms with Gasteiger partial charge in [-0.05, 0) is 5.92 Å². The largest absolute Gasteiger partial charge is 0.384 e. The third-order valence-corrected chi connectivity index (χ3v) is 2.79.